The molecule has 0 bridgehead atoms. The van der Waals surface area contributed by atoms with Crippen LogP contribution in [0.1, 0.15) is 70.3 Å². The molecule has 3 fully saturated rings. The Hall–Kier alpha value is -1.61. The first-order valence-corrected chi connectivity index (χ1v) is 12.1. The molecule has 4 aliphatic rings. The molecule has 3 heteroatoms. The van der Waals surface area contributed by atoms with E-state index in [-0.39, 0.29) is 11.5 Å². The molecule has 0 heterocycles. The number of anilines is 1. The quantitative estimate of drug-likeness (QED) is 0.735. The number of aliphatic hydroxyl groups excluding tert-OH is 1. The number of aliphatic hydroxyl groups is 1. The average molecular weight is 408 g/mol. The van der Waals surface area contributed by atoms with Crippen LogP contribution in [0.25, 0.3) is 0 Å². The van der Waals surface area contributed by atoms with Gasteiger partial charge in [-0.3, -0.25) is 4.79 Å². The lowest BCUT2D eigenvalue weighted by atomic mass is 9.48. The highest BCUT2D eigenvalue weighted by Crippen LogP contribution is 2.65. The van der Waals surface area contributed by atoms with E-state index in [1.807, 2.05) is 6.08 Å². The average Bonchev–Trinajstić information content (AvgIpc) is 3.06. The number of nitrogens with zero attached hydrogens (tertiary/aromatic N) is 1. The van der Waals surface area contributed by atoms with Gasteiger partial charge in [-0.25, -0.2) is 0 Å². The van der Waals surface area contributed by atoms with E-state index in [9.17, 15) is 9.90 Å². The van der Waals surface area contributed by atoms with Crippen molar-refractivity contribution < 1.29 is 9.90 Å². The minimum atomic E-state index is -0.165. The van der Waals surface area contributed by atoms with Crippen LogP contribution in [0.3, 0.4) is 0 Å². The van der Waals surface area contributed by atoms with Gasteiger partial charge in [0.1, 0.15) is 0 Å². The van der Waals surface area contributed by atoms with Gasteiger partial charge in [-0.2, -0.15) is 0 Å². The van der Waals surface area contributed by atoms with Crippen LogP contribution in [-0.4, -0.2) is 30.6 Å². The van der Waals surface area contributed by atoms with E-state index in [1.54, 1.807) is 0 Å². The maximum atomic E-state index is 12.1. The van der Waals surface area contributed by atoms with Crippen molar-refractivity contribution in [3.8, 4) is 0 Å². The predicted octanol–water partition coefficient (Wildman–Crippen LogP) is 5.34. The van der Waals surface area contributed by atoms with Gasteiger partial charge >= 0.3 is 0 Å². The smallest absolute Gasteiger partial charge is 0.155 e. The molecule has 162 valence electrons. The number of fused-ring (bicyclic) bond motifs is 5. The zero-order valence-corrected chi connectivity index (χ0v) is 18.8. The first kappa shape index (κ1) is 20.3. The van der Waals surface area contributed by atoms with Gasteiger partial charge in [-0.05, 0) is 104 Å². The molecule has 30 heavy (non-hydrogen) atoms. The predicted molar refractivity (Wildman–Crippen MR) is 122 cm³/mol. The third-order valence-electron chi connectivity index (χ3n) is 9.49. The van der Waals surface area contributed by atoms with Crippen molar-refractivity contribution in [1.82, 2.24) is 0 Å². The maximum absolute atomic E-state index is 12.1. The summed E-state index contributed by atoms with van der Waals surface area (Å²) < 4.78 is 0. The van der Waals surface area contributed by atoms with Crippen molar-refractivity contribution in [3.05, 3.63) is 41.5 Å². The fourth-order valence-electron chi connectivity index (χ4n) is 7.78. The van der Waals surface area contributed by atoms with Gasteiger partial charge in [0.25, 0.3) is 0 Å². The van der Waals surface area contributed by atoms with Gasteiger partial charge in [0.15, 0.2) is 5.78 Å². The zero-order chi connectivity index (χ0) is 21.0. The molecule has 7 unspecified atom stereocenters. The van der Waals surface area contributed by atoms with Crippen molar-refractivity contribution in [2.45, 2.75) is 70.8 Å². The molecule has 0 aromatic heterocycles. The summed E-state index contributed by atoms with van der Waals surface area (Å²) in [5.74, 6) is 3.31. The Morgan fingerprint density at radius 1 is 1.07 bits per heavy atom. The molecule has 5 rings (SSSR count). The van der Waals surface area contributed by atoms with Gasteiger partial charge in [0.05, 0.1) is 6.10 Å². The van der Waals surface area contributed by atoms with E-state index in [1.165, 1.54) is 29.7 Å². The standard InChI is InChI=1S/C27H37NO2/c1-4-28(3)19-8-5-17(6-9-19)23-16-27(2)24(13-14-25(27)30)22-11-7-18-15-20(29)10-12-21(18)26(22)23/h5-6,8-9,15,21-26,30H,4,7,10-14,16H2,1-3H3. The van der Waals surface area contributed by atoms with Gasteiger partial charge in [-0.15, -0.1) is 0 Å². The Morgan fingerprint density at radius 2 is 1.83 bits per heavy atom. The van der Waals surface area contributed by atoms with E-state index < -0.39 is 0 Å². The second-order valence-electron chi connectivity index (χ2n) is 10.7. The van der Waals surface area contributed by atoms with E-state index in [0.29, 0.717) is 35.4 Å². The number of allylic oxidation sites excluding steroid dienone is 1. The summed E-state index contributed by atoms with van der Waals surface area (Å²) in [6.45, 7) is 5.56. The number of hydrogen-bond donors (Lipinski definition) is 1. The maximum Gasteiger partial charge on any atom is 0.155 e. The molecule has 3 saturated carbocycles. The Balaban J connectivity index is 1.55. The van der Waals surface area contributed by atoms with Crippen molar-refractivity contribution in [2.24, 2.45) is 29.1 Å². The summed E-state index contributed by atoms with van der Waals surface area (Å²) >= 11 is 0. The molecule has 1 N–H and O–H groups in total. The van der Waals surface area contributed by atoms with Crippen LogP contribution in [0.2, 0.25) is 0 Å². The molecule has 0 amide bonds. The SMILES string of the molecule is CCN(C)c1ccc(C2CC3(C)C(O)CCC3C3CCC4=CC(=O)CCC4C23)cc1. The van der Waals surface area contributed by atoms with Gasteiger partial charge < -0.3 is 10.0 Å². The first-order chi connectivity index (χ1) is 14.4. The van der Waals surface area contributed by atoms with E-state index >= 15 is 0 Å². The second kappa shape index (κ2) is 7.51. The summed E-state index contributed by atoms with van der Waals surface area (Å²) in [6, 6.07) is 9.25. The van der Waals surface area contributed by atoms with Crippen LogP contribution in [0.4, 0.5) is 5.69 Å². The minimum Gasteiger partial charge on any atom is -0.393 e. The summed E-state index contributed by atoms with van der Waals surface area (Å²) in [5, 5.41) is 11.0. The van der Waals surface area contributed by atoms with Gasteiger partial charge in [0, 0.05) is 25.7 Å². The van der Waals surface area contributed by atoms with Crippen molar-refractivity contribution in [2.75, 3.05) is 18.5 Å². The van der Waals surface area contributed by atoms with E-state index in [2.05, 4.69) is 50.1 Å². The van der Waals surface area contributed by atoms with Gasteiger partial charge in [-0.1, -0.05) is 24.6 Å². The van der Waals surface area contributed by atoms with Crippen LogP contribution in [0.15, 0.2) is 35.9 Å². The first-order valence-electron chi connectivity index (χ1n) is 12.1. The number of benzene rings is 1. The lowest BCUT2D eigenvalue weighted by Crippen LogP contribution is -2.50. The molecule has 7 atom stereocenters. The second-order valence-corrected chi connectivity index (χ2v) is 10.7. The van der Waals surface area contributed by atoms with Crippen molar-refractivity contribution in [3.63, 3.8) is 0 Å². The van der Waals surface area contributed by atoms with Crippen molar-refractivity contribution >= 4 is 11.5 Å². The topological polar surface area (TPSA) is 40.5 Å². The fraction of sp³-hybridized carbons (Fsp3) is 0.667. The third kappa shape index (κ3) is 3.07. The normalized spacial score (nSPS) is 40.3. The van der Waals surface area contributed by atoms with Crippen LogP contribution >= 0.6 is 0 Å². The molecule has 0 aliphatic heterocycles. The van der Waals surface area contributed by atoms with E-state index in [0.717, 1.165) is 38.6 Å². The molecule has 1 aromatic carbocycles. The Kier molecular flexibility index (Phi) is 5.08. The summed E-state index contributed by atoms with van der Waals surface area (Å²) in [7, 11) is 2.14. The summed E-state index contributed by atoms with van der Waals surface area (Å²) in [6.07, 6.45) is 9.09. The Labute approximate surface area is 181 Å². The van der Waals surface area contributed by atoms with E-state index in [4.69, 9.17) is 0 Å². The monoisotopic (exact) mass is 407 g/mol. The Bertz CT molecular complexity index is 843. The molecular formula is C27H37NO2. The van der Waals surface area contributed by atoms with Crippen LogP contribution < -0.4 is 4.90 Å². The zero-order valence-electron chi connectivity index (χ0n) is 18.8. The van der Waals surface area contributed by atoms with Crippen LogP contribution in [0, 0.1) is 29.1 Å². The molecule has 1 aromatic rings. The molecule has 3 nitrogen and oxygen atoms in total. The Morgan fingerprint density at radius 3 is 2.57 bits per heavy atom. The lowest BCUT2D eigenvalue weighted by Gasteiger charge is -2.57. The van der Waals surface area contributed by atoms with Crippen LogP contribution in [-0.2, 0) is 4.79 Å². The minimum absolute atomic E-state index is 0.0381. The number of carbonyl (C=O) groups excluding carboxylic acids is 1. The number of carbonyl (C=O) groups is 1. The van der Waals surface area contributed by atoms with Crippen LogP contribution in [0.5, 0.6) is 0 Å². The number of rotatable bonds is 3. The highest BCUT2D eigenvalue weighted by Gasteiger charge is 2.59. The van der Waals surface area contributed by atoms with Gasteiger partial charge in [0.2, 0.25) is 0 Å². The molecule has 0 radical (unpaired) electrons. The summed E-state index contributed by atoms with van der Waals surface area (Å²) in [4.78, 5) is 14.4. The number of hydrogen-bond acceptors (Lipinski definition) is 3. The molecule has 4 aliphatic carbocycles. The highest BCUT2D eigenvalue weighted by molar-refractivity contribution is 5.91. The molecule has 0 saturated heterocycles. The lowest BCUT2D eigenvalue weighted by molar-refractivity contribution is -0.116. The fourth-order valence-corrected chi connectivity index (χ4v) is 7.78. The highest BCUT2D eigenvalue weighted by atomic mass is 16.3. The molecule has 0 spiro atoms. The largest absolute Gasteiger partial charge is 0.393 e. The van der Waals surface area contributed by atoms with Crippen molar-refractivity contribution in [1.29, 1.82) is 0 Å². The third-order valence-corrected chi connectivity index (χ3v) is 9.49. The molecular weight excluding hydrogens is 370 g/mol. The summed E-state index contributed by atoms with van der Waals surface area (Å²) in [5.41, 5.74) is 4.18. The number of ketones is 1.